The molecule has 0 atom stereocenters. The Bertz CT molecular complexity index is 740. The minimum Gasteiger partial charge on any atom is -0.272 e. The molecular formula is C19H24N4O. The normalized spacial score (nSPS) is 15.5. The van der Waals surface area contributed by atoms with E-state index in [1.54, 1.807) is 0 Å². The Labute approximate surface area is 142 Å². The molecule has 24 heavy (non-hydrogen) atoms. The number of hydrogen-bond donors (Lipinski definition) is 2. The van der Waals surface area contributed by atoms with E-state index in [2.05, 4.69) is 52.9 Å². The largest absolute Gasteiger partial charge is 0.272 e. The lowest BCUT2D eigenvalue weighted by Gasteiger charge is -2.41. The highest BCUT2D eigenvalue weighted by Crippen LogP contribution is 2.44. The minimum atomic E-state index is -0.442. The first-order chi connectivity index (χ1) is 11.4. The molecule has 0 saturated heterocycles. The summed E-state index contributed by atoms with van der Waals surface area (Å²) in [5, 5.41) is 0. The molecule has 1 amide bonds. The van der Waals surface area contributed by atoms with Crippen LogP contribution in [0, 0.1) is 27.7 Å². The molecule has 2 N–H and O–H groups in total. The number of nitrogens with one attached hydrogen (secondary N) is 2. The highest BCUT2D eigenvalue weighted by atomic mass is 16.2. The van der Waals surface area contributed by atoms with Crippen molar-refractivity contribution in [1.82, 2.24) is 15.4 Å². The number of nitrogens with zero attached hydrogens (tertiary/aromatic N) is 2. The van der Waals surface area contributed by atoms with Crippen molar-refractivity contribution in [3.63, 3.8) is 0 Å². The van der Waals surface area contributed by atoms with Crippen molar-refractivity contribution in [3.05, 3.63) is 52.3 Å². The summed E-state index contributed by atoms with van der Waals surface area (Å²) < 4.78 is 0. The molecule has 5 nitrogen and oxygen atoms in total. The quantitative estimate of drug-likeness (QED) is 0.847. The summed E-state index contributed by atoms with van der Waals surface area (Å²) >= 11 is 0. The summed E-state index contributed by atoms with van der Waals surface area (Å²) in [6.45, 7) is 7.96. The molecule has 1 aromatic carbocycles. The van der Waals surface area contributed by atoms with E-state index in [4.69, 9.17) is 0 Å². The van der Waals surface area contributed by atoms with Gasteiger partial charge in [0.15, 0.2) is 0 Å². The van der Waals surface area contributed by atoms with Crippen LogP contribution < -0.4 is 10.9 Å². The molecule has 0 radical (unpaired) electrons. The summed E-state index contributed by atoms with van der Waals surface area (Å²) in [5.74, 6) is 0.414. The van der Waals surface area contributed by atoms with Crippen molar-refractivity contribution in [2.24, 2.45) is 0 Å². The first kappa shape index (κ1) is 16.4. The predicted molar refractivity (Wildman–Crippen MR) is 94.7 cm³/mol. The number of benzene rings is 1. The molecule has 1 heterocycles. The number of anilines is 1. The van der Waals surface area contributed by atoms with Crippen LogP contribution in [-0.2, 0) is 10.2 Å². The summed E-state index contributed by atoms with van der Waals surface area (Å²) in [7, 11) is 0. The van der Waals surface area contributed by atoms with E-state index >= 15 is 0 Å². The summed E-state index contributed by atoms with van der Waals surface area (Å²) in [5.41, 5.74) is 10.5. The molecule has 0 unspecified atom stereocenters. The smallest absolute Gasteiger partial charge is 0.249 e. The van der Waals surface area contributed by atoms with Crippen LogP contribution in [-0.4, -0.2) is 15.9 Å². The van der Waals surface area contributed by atoms with E-state index in [-0.39, 0.29) is 5.91 Å². The maximum absolute atomic E-state index is 12.9. The standard InChI is InChI=1S/C19H24N4O/c1-12-8-13(2)10-16(9-12)19(6-5-7-19)17(24)22-23-18-20-14(3)11-15(4)21-18/h8-11H,5-7H2,1-4H3,(H,22,24)(H,20,21,23). The highest BCUT2D eigenvalue weighted by Gasteiger charge is 2.45. The van der Waals surface area contributed by atoms with Gasteiger partial charge in [-0.3, -0.25) is 15.6 Å². The second kappa shape index (κ2) is 6.23. The molecule has 1 aliphatic carbocycles. The van der Waals surface area contributed by atoms with Crippen molar-refractivity contribution in [1.29, 1.82) is 0 Å². The number of carbonyl (C=O) groups is 1. The fourth-order valence-corrected chi connectivity index (χ4v) is 3.44. The van der Waals surface area contributed by atoms with E-state index in [1.807, 2.05) is 19.9 Å². The van der Waals surface area contributed by atoms with Crippen LogP contribution >= 0.6 is 0 Å². The Morgan fingerprint density at radius 2 is 1.54 bits per heavy atom. The Hall–Kier alpha value is -2.43. The first-order valence-electron chi connectivity index (χ1n) is 8.37. The molecule has 5 heteroatoms. The van der Waals surface area contributed by atoms with E-state index in [0.29, 0.717) is 5.95 Å². The number of aryl methyl sites for hydroxylation is 4. The van der Waals surface area contributed by atoms with E-state index < -0.39 is 5.41 Å². The van der Waals surface area contributed by atoms with Crippen LogP contribution in [0.2, 0.25) is 0 Å². The highest BCUT2D eigenvalue weighted by molar-refractivity contribution is 5.90. The van der Waals surface area contributed by atoms with Gasteiger partial charge in [-0.2, -0.15) is 0 Å². The van der Waals surface area contributed by atoms with Gasteiger partial charge < -0.3 is 0 Å². The van der Waals surface area contributed by atoms with Gasteiger partial charge in [0.05, 0.1) is 5.41 Å². The number of carbonyl (C=O) groups excluding carboxylic acids is 1. The Morgan fingerprint density at radius 1 is 0.958 bits per heavy atom. The molecule has 1 fully saturated rings. The van der Waals surface area contributed by atoms with Gasteiger partial charge in [0.2, 0.25) is 11.9 Å². The van der Waals surface area contributed by atoms with Crippen LogP contribution in [0.1, 0.15) is 47.3 Å². The third-order valence-electron chi connectivity index (χ3n) is 4.69. The second-order valence-corrected chi connectivity index (χ2v) is 6.87. The molecule has 126 valence electrons. The number of aromatic nitrogens is 2. The zero-order chi connectivity index (χ0) is 17.3. The zero-order valence-electron chi connectivity index (χ0n) is 14.7. The fourth-order valence-electron chi connectivity index (χ4n) is 3.44. The lowest BCUT2D eigenvalue weighted by molar-refractivity contribution is -0.129. The Kier molecular flexibility index (Phi) is 4.26. The predicted octanol–water partition coefficient (Wildman–Crippen LogP) is 3.28. The van der Waals surface area contributed by atoms with E-state index in [9.17, 15) is 4.79 Å². The first-order valence-corrected chi connectivity index (χ1v) is 8.37. The third-order valence-corrected chi connectivity index (χ3v) is 4.69. The van der Waals surface area contributed by atoms with Gasteiger partial charge in [0.1, 0.15) is 0 Å². The van der Waals surface area contributed by atoms with E-state index in [1.165, 1.54) is 11.1 Å². The number of hydrazine groups is 1. The lowest BCUT2D eigenvalue weighted by atomic mass is 9.63. The molecule has 0 spiro atoms. The van der Waals surface area contributed by atoms with Gasteiger partial charge in [-0.15, -0.1) is 0 Å². The van der Waals surface area contributed by atoms with Crippen LogP contribution in [0.25, 0.3) is 0 Å². The Balaban J connectivity index is 1.79. The zero-order valence-corrected chi connectivity index (χ0v) is 14.7. The molecular weight excluding hydrogens is 300 g/mol. The summed E-state index contributed by atoms with van der Waals surface area (Å²) in [6.07, 6.45) is 2.81. The maximum atomic E-state index is 12.9. The summed E-state index contributed by atoms with van der Waals surface area (Å²) in [6, 6.07) is 8.28. The lowest BCUT2D eigenvalue weighted by Crippen LogP contribution is -2.51. The number of hydrogen-bond acceptors (Lipinski definition) is 4. The van der Waals surface area contributed by atoms with Crippen molar-refractivity contribution >= 4 is 11.9 Å². The minimum absolute atomic E-state index is 0.0125. The van der Waals surface area contributed by atoms with Gasteiger partial charge in [-0.1, -0.05) is 35.7 Å². The average Bonchev–Trinajstić information content (AvgIpc) is 2.42. The van der Waals surface area contributed by atoms with Crippen LogP contribution in [0.3, 0.4) is 0 Å². The molecule has 3 rings (SSSR count). The van der Waals surface area contributed by atoms with Crippen molar-refractivity contribution in [2.45, 2.75) is 52.4 Å². The molecule has 1 aromatic heterocycles. The SMILES string of the molecule is Cc1cc(C)cc(C2(C(=O)NNc3nc(C)cc(C)n3)CCC2)c1. The second-order valence-electron chi connectivity index (χ2n) is 6.87. The van der Waals surface area contributed by atoms with Crippen molar-refractivity contribution < 1.29 is 4.79 Å². The molecule has 0 bridgehead atoms. The Morgan fingerprint density at radius 3 is 2.04 bits per heavy atom. The number of rotatable bonds is 4. The van der Waals surface area contributed by atoms with Gasteiger partial charge in [0, 0.05) is 11.4 Å². The molecule has 0 aliphatic heterocycles. The van der Waals surface area contributed by atoms with Crippen molar-refractivity contribution in [3.8, 4) is 0 Å². The third kappa shape index (κ3) is 3.11. The van der Waals surface area contributed by atoms with Crippen LogP contribution in [0.4, 0.5) is 5.95 Å². The van der Waals surface area contributed by atoms with Crippen LogP contribution in [0.15, 0.2) is 24.3 Å². The van der Waals surface area contributed by atoms with E-state index in [0.717, 1.165) is 36.2 Å². The van der Waals surface area contributed by atoms with Gasteiger partial charge in [0.25, 0.3) is 0 Å². The average molecular weight is 324 g/mol. The van der Waals surface area contributed by atoms with Gasteiger partial charge >= 0.3 is 0 Å². The van der Waals surface area contributed by atoms with Gasteiger partial charge in [-0.25, -0.2) is 9.97 Å². The summed E-state index contributed by atoms with van der Waals surface area (Å²) in [4.78, 5) is 21.5. The van der Waals surface area contributed by atoms with Crippen molar-refractivity contribution in [2.75, 3.05) is 5.43 Å². The molecule has 1 aliphatic rings. The molecule has 2 aromatic rings. The number of amides is 1. The molecule has 1 saturated carbocycles. The van der Waals surface area contributed by atoms with Gasteiger partial charge in [-0.05, 0) is 52.2 Å². The monoisotopic (exact) mass is 324 g/mol. The maximum Gasteiger partial charge on any atom is 0.249 e. The van der Waals surface area contributed by atoms with Crippen LogP contribution in [0.5, 0.6) is 0 Å². The topological polar surface area (TPSA) is 66.9 Å². The fraction of sp³-hybridized carbons (Fsp3) is 0.421.